The van der Waals surface area contributed by atoms with Gasteiger partial charge in [0.2, 0.25) is 5.91 Å². The molecule has 0 saturated heterocycles. The van der Waals surface area contributed by atoms with E-state index in [1.54, 1.807) is 41.2 Å². The van der Waals surface area contributed by atoms with Gasteiger partial charge in [-0.25, -0.2) is 13.4 Å². The largest absolute Gasteiger partial charge is 0.355 e. The zero-order chi connectivity index (χ0) is 20.3. The molecule has 2 heterocycles. The fourth-order valence-electron chi connectivity index (χ4n) is 2.65. The van der Waals surface area contributed by atoms with E-state index in [2.05, 4.69) is 20.7 Å². The van der Waals surface area contributed by atoms with Gasteiger partial charge < -0.3 is 10.6 Å². The number of anilines is 3. The number of hydrogen-bond acceptors (Lipinski definition) is 6. The van der Waals surface area contributed by atoms with E-state index in [1.807, 2.05) is 19.2 Å². The minimum Gasteiger partial charge on any atom is -0.355 e. The fraction of sp³-hybridized carbons (Fsp3) is 0.211. The van der Waals surface area contributed by atoms with Gasteiger partial charge in [0.15, 0.2) is 9.84 Å². The molecule has 0 aliphatic carbocycles. The summed E-state index contributed by atoms with van der Waals surface area (Å²) >= 11 is 0. The van der Waals surface area contributed by atoms with E-state index in [-0.39, 0.29) is 10.8 Å². The maximum atomic E-state index is 11.8. The van der Waals surface area contributed by atoms with Crippen molar-refractivity contribution in [3.05, 3.63) is 48.8 Å². The first-order valence-electron chi connectivity index (χ1n) is 8.65. The van der Waals surface area contributed by atoms with Crippen LogP contribution in [0.25, 0.3) is 11.3 Å². The summed E-state index contributed by atoms with van der Waals surface area (Å²) in [5.74, 6) is 0.147. The zero-order valence-electron chi connectivity index (χ0n) is 15.8. The standard InChI is InChI=1S/C19H21N5O3S/c1-4-24-9-8-17(23-24)16-12-20-19(21-13(2)25)11-18(16)22-14-6-5-7-15(10-14)28(3,26)27/h5-12H,4H2,1-3H3,(H2,20,21,22,25). The van der Waals surface area contributed by atoms with E-state index in [0.29, 0.717) is 22.9 Å². The fourth-order valence-corrected chi connectivity index (χ4v) is 3.32. The van der Waals surface area contributed by atoms with Crippen LogP contribution >= 0.6 is 0 Å². The Kier molecular flexibility index (Phi) is 5.46. The lowest BCUT2D eigenvalue weighted by Gasteiger charge is -2.13. The summed E-state index contributed by atoms with van der Waals surface area (Å²) in [6, 6.07) is 10.1. The quantitative estimate of drug-likeness (QED) is 0.660. The second kappa shape index (κ2) is 7.81. The lowest BCUT2D eigenvalue weighted by molar-refractivity contribution is -0.114. The molecule has 0 unspecified atom stereocenters. The first-order valence-corrected chi connectivity index (χ1v) is 10.5. The average molecular weight is 399 g/mol. The molecule has 8 nitrogen and oxygen atoms in total. The van der Waals surface area contributed by atoms with Gasteiger partial charge in [0, 0.05) is 49.4 Å². The second-order valence-electron chi connectivity index (χ2n) is 6.28. The van der Waals surface area contributed by atoms with Gasteiger partial charge in [0.05, 0.1) is 16.3 Å². The molecule has 0 radical (unpaired) electrons. The van der Waals surface area contributed by atoms with Crippen molar-refractivity contribution in [2.45, 2.75) is 25.3 Å². The molecule has 9 heteroatoms. The van der Waals surface area contributed by atoms with Crippen LogP contribution in [0.4, 0.5) is 17.2 Å². The number of nitrogens with zero attached hydrogens (tertiary/aromatic N) is 3. The highest BCUT2D eigenvalue weighted by molar-refractivity contribution is 7.90. The number of benzene rings is 1. The Balaban J connectivity index is 2.04. The Hall–Kier alpha value is -3.20. The average Bonchev–Trinajstić information content (AvgIpc) is 3.10. The van der Waals surface area contributed by atoms with Crippen molar-refractivity contribution in [3.8, 4) is 11.3 Å². The van der Waals surface area contributed by atoms with Crippen LogP contribution in [0.1, 0.15) is 13.8 Å². The summed E-state index contributed by atoms with van der Waals surface area (Å²) in [4.78, 5) is 15.9. The molecule has 28 heavy (non-hydrogen) atoms. The summed E-state index contributed by atoms with van der Waals surface area (Å²) in [5, 5.41) is 10.4. The molecule has 0 spiro atoms. The number of carbonyl (C=O) groups is 1. The number of nitrogens with one attached hydrogen (secondary N) is 2. The molecule has 0 fully saturated rings. The van der Waals surface area contributed by atoms with Crippen LogP contribution in [-0.4, -0.2) is 35.3 Å². The first kappa shape index (κ1) is 19.6. The van der Waals surface area contributed by atoms with E-state index in [9.17, 15) is 13.2 Å². The molecule has 146 valence electrons. The van der Waals surface area contributed by atoms with Gasteiger partial charge in [-0.1, -0.05) is 6.07 Å². The first-order chi connectivity index (χ1) is 13.3. The van der Waals surface area contributed by atoms with Crippen LogP contribution < -0.4 is 10.6 Å². The lowest BCUT2D eigenvalue weighted by Crippen LogP contribution is -2.08. The van der Waals surface area contributed by atoms with Crippen molar-refractivity contribution in [2.75, 3.05) is 16.9 Å². The summed E-state index contributed by atoms with van der Waals surface area (Å²) in [6.45, 7) is 4.13. The maximum Gasteiger partial charge on any atom is 0.222 e. The molecule has 0 atom stereocenters. The summed E-state index contributed by atoms with van der Waals surface area (Å²) in [7, 11) is -3.33. The van der Waals surface area contributed by atoms with Gasteiger partial charge in [0.25, 0.3) is 0 Å². The van der Waals surface area contributed by atoms with E-state index in [1.165, 1.54) is 6.92 Å². The third-order valence-electron chi connectivity index (χ3n) is 3.99. The van der Waals surface area contributed by atoms with Crippen LogP contribution in [0.5, 0.6) is 0 Å². The van der Waals surface area contributed by atoms with Crippen molar-refractivity contribution in [3.63, 3.8) is 0 Å². The van der Waals surface area contributed by atoms with Crippen LogP contribution in [0.3, 0.4) is 0 Å². The molecule has 0 saturated carbocycles. The minimum atomic E-state index is -3.33. The number of pyridine rings is 1. The van der Waals surface area contributed by atoms with Gasteiger partial charge in [0.1, 0.15) is 5.82 Å². The predicted molar refractivity (Wildman–Crippen MR) is 108 cm³/mol. The summed E-state index contributed by atoms with van der Waals surface area (Å²) in [6.07, 6.45) is 4.65. The number of sulfone groups is 1. The van der Waals surface area contributed by atoms with Crippen molar-refractivity contribution < 1.29 is 13.2 Å². The Labute approximate surface area is 163 Å². The molecule has 0 aliphatic rings. The van der Waals surface area contributed by atoms with Gasteiger partial charge in [-0.05, 0) is 31.2 Å². The number of carbonyl (C=O) groups excluding carboxylic acids is 1. The number of aromatic nitrogens is 3. The lowest BCUT2D eigenvalue weighted by atomic mass is 10.1. The third kappa shape index (κ3) is 4.55. The smallest absolute Gasteiger partial charge is 0.222 e. The zero-order valence-corrected chi connectivity index (χ0v) is 16.6. The van der Waals surface area contributed by atoms with Gasteiger partial charge >= 0.3 is 0 Å². The highest BCUT2D eigenvalue weighted by Gasteiger charge is 2.13. The van der Waals surface area contributed by atoms with Crippen LogP contribution in [0.15, 0.2) is 53.7 Å². The molecule has 0 bridgehead atoms. The molecule has 0 aliphatic heterocycles. The molecule has 2 aromatic heterocycles. The van der Waals surface area contributed by atoms with Gasteiger partial charge in [-0.3, -0.25) is 9.48 Å². The molecule has 3 aromatic rings. The molecule has 1 aromatic carbocycles. The number of amides is 1. The summed E-state index contributed by atoms with van der Waals surface area (Å²) < 4.78 is 25.5. The summed E-state index contributed by atoms with van der Waals surface area (Å²) in [5.41, 5.74) is 2.68. The monoisotopic (exact) mass is 399 g/mol. The minimum absolute atomic E-state index is 0.213. The third-order valence-corrected chi connectivity index (χ3v) is 5.10. The van der Waals surface area contributed by atoms with E-state index in [4.69, 9.17) is 0 Å². The SMILES string of the molecule is CCn1ccc(-c2cnc(NC(C)=O)cc2Nc2cccc(S(C)(=O)=O)c2)n1. The Morgan fingerprint density at radius 1 is 1.21 bits per heavy atom. The normalized spacial score (nSPS) is 11.2. The molecular weight excluding hydrogens is 378 g/mol. The molecule has 3 rings (SSSR count). The van der Waals surface area contributed by atoms with Gasteiger partial charge in [-0.15, -0.1) is 0 Å². The highest BCUT2D eigenvalue weighted by atomic mass is 32.2. The molecule has 1 amide bonds. The maximum absolute atomic E-state index is 11.8. The molecular formula is C19H21N5O3S. The van der Waals surface area contributed by atoms with Crippen LogP contribution in [-0.2, 0) is 21.2 Å². The van der Waals surface area contributed by atoms with E-state index >= 15 is 0 Å². The highest BCUT2D eigenvalue weighted by Crippen LogP contribution is 2.31. The predicted octanol–water partition coefficient (Wildman–Crippen LogP) is 3.07. The Bertz CT molecular complexity index is 1120. The van der Waals surface area contributed by atoms with Crippen LogP contribution in [0, 0.1) is 0 Å². The van der Waals surface area contributed by atoms with Crippen molar-refractivity contribution in [1.29, 1.82) is 0 Å². The Morgan fingerprint density at radius 2 is 2.00 bits per heavy atom. The number of hydrogen-bond donors (Lipinski definition) is 2. The number of rotatable bonds is 6. The van der Waals surface area contributed by atoms with Crippen molar-refractivity contribution in [2.24, 2.45) is 0 Å². The van der Waals surface area contributed by atoms with Crippen molar-refractivity contribution >= 4 is 32.9 Å². The van der Waals surface area contributed by atoms with Crippen molar-refractivity contribution in [1.82, 2.24) is 14.8 Å². The number of aryl methyl sites for hydroxylation is 1. The Morgan fingerprint density at radius 3 is 2.64 bits per heavy atom. The van der Waals surface area contributed by atoms with Crippen LogP contribution in [0.2, 0.25) is 0 Å². The van der Waals surface area contributed by atoms with Gasteiger partial charge in [-0.2, -0.15) is 5.10 Å². The topological polar surface area (TPSA) is 106 Å². The molecule has 2 N–H and O–H groups in total. The van der Waals surface area contributed by atoms with E-state index < -0.39 is 9.84 Å². The van der Waals surface area contributed by atoms with E-state index in [0.717, 1.165) is 18.4 Å². The second-order valence-corrected chi connectivity index (χ2v) is 8.29.